The predicted octanol–water partition coefficient (Wildman–Crippen LogP) is 1.90. The van der Waals surface area contributed by atoms with Crippen molar-refractivity contribution in [1.82, 2.24) is 10.3 Å². The van der Waals surface area contributed by atoms with E-state index in [2.05, 4.69) is 26.2 Å². The fourth-order valence-electron chi connectivity index (χ4n) is 2.78. The molecule has 1 heterocycles. The first-order valence-electron chi connectivity index (χ1n) is 6.89. The number of nitrogens with zero attached hydrogens (tertiary/aromatic N) is 1. The molecule has 0 atom stereocenters. The number of aromatic hydroxyl groups is 1. The molecule has 0 spiro atoms. The second-order valence-corrected chi connectivity index (χ2v) is 6.31. The van der Waals surface area contributed by atoms with Crippen molar-refractivity contribution >= 4 is 27.8 Å². The van der Waals surface area contributed by atoms with Crippen LogP contribution in [0.4, 0.5) is 0 Å². The number of halogens is 1. The zero-order valence-corrected chi connectivity index (χ0v) is 13.5. The van der Waals surface area contributed by atoms with E-state index in [1.165, 1.54) is 12.3 Å². The first-order valence-corrected chi connectivity index (χ1v) is 7.68. The third kappa shape index (κ3) is 2.68. The summed E-state index contributed by atoms with van der Waals surface area (Å²) in [5.41, 5.74) is 0.135. The Labute approximate surface area is 140 Å². The summed E-state index contributed by atoms with van der Waals surface area (Å²) in [4.78, 5) is 28.1. The van der Waals surface area contributed by atoms with Gasteiger partial charge in [-0.2, -0.15) is 0 Å². The standard InChI is InChI=1S/C16H13BrN2O4/c17-11-5-6-18-12(13(11)20)14(21)19-16(15(22)23)7-9-3-1-2-4-10(9)8-16/h1-6,20H,7-8H2,(H,19,21)(H,22,23). The van der Waals surface area contributed by atoms with Crippen molar-refractivity contribution in [1.29, 1.82) is 0 Å². The minimum atomic E-state index is -1.43. The van der Waals surface area contributed by atoms with Gasteiger partial charge in [0.15, 0.2) is 11.4 Å². The third-order valence-electron chi connectivity index (χ3n) is 3.96. The number of aliphatic carboxylic acids is 1. The summed E-state index contributed by atoms with van der Waals surface area (Å²) in [7, 11) is 0. The molecule has 2 aromatic rings. The van der Waals surface area contributed by atoms with Gasteiger partial charge in [0.2, 0.25) is 0 Å². The summed E-state index contributed by atoms with van der Waals surface area (Å²) in [5.74, 6) is -2.16. The quantitative estimate of drug-likeness (QED) is 0.759. The van der Waals surface area contributed by atoms with E-state index in [-0.39, 0.29) is 24.3 Å². The lowest BCUT2D eigenvalue weighted by molar-refractivity contribution is -0.144. The van der Waals surface area contributed by atoms with Crippen LogP contribution < -0.4 is 5.32 Å². The molecule has 1 aliphatic rings. The van der Waals surface area contributed by atoms with Crippen LogP contribution in [-0.4, -0.2) is 32.6 Å². The van der Waals surface area contributed by atoms with E-state index in [1.54, 1.807) is 0 Å². The molecule has 0 unspecified atom stereocenters. The van der Waals surface area contributed by atoms with Crippen molar-refractivity contribution < 1.29 is 19.8 Å². The monoisotopic (exact) mass is 376 g/mol. The molecule has 0 saturated carbocycles. The zero-order valence-electron chi connectivity index (χ0n) is 11.9. The maximum atomic E-state index is 12.4. The van der Waals surface area contributed by atoms with E-state index >= 15 is 0 Å². The molecule has 0 bridgehead atoms. The second kappa shape index (κ2) is 5.66. The molecule has 1 amide bonds. The third-order valence-corrected chi connectivity index (χ3v) is 4.60. The Balaban J connectivity index is 1.92. The van der Waals surface area contributed by atoms with Crippen LogP contribution >= 0.6 is 15.9 Å². The number of aromatic nitrogens is 1. The number of hydrogen-bond acceptors (Lipinski definition) is 4. The molecule has 0 aliphatic heterocycles. The van der Waals surface area contributed by atoms with Gasteiger partial charge in [-0.1, -0.05) is 24.3 Å². The molecule has 0 fully saturated rings. The van der Waals surface area contributed by atoms with Crippen LogP contribution in [0.25, 0.3) is 0 Å². The Hall–Kier alpha value is -2.41. The number of benzene rings is 1. The molecule has 118 valence electrons. The van der Waals surface area contributed by atoms with Gasteiger partial charge in [0.1, 0.15) is 5.54 Å². The van der Waals surface area contributed by atoms with E-state index in [4.69, 9.17) is 0 Å². The summed E-state index contributed by atoms with van der Waals surface area (Å²) in [6, 6.07) is 8.85. The van der Waals surface area contributed by atoms with Crippen molar-refractivity contribution in [2.75, 3.05) is 0 Å². The number of carbonyl (C=O) groups is 2. The lowest BCUT2D eigenvalue weighted by Gasteiger charge is -2.25. The van der Waals surface area contributed by atoms with E-state index in [0.717, 1.165) is 11.1 Å². The average molecular weight is 377 g/mol. The Kier molecular flexibility index (Phi) is 3.81. The van der Waals surface area contributed by atoms with Gasteiger partial charge in [-0.25, -0.2) is 9.78 Å². The fraction of sp³-hybridized carbons (Fsp3) is 0.188. The van der Waals surface area contributed by atoms with Gasteiger partial charge in [-0.05, 0) is 33.1 Å². The van der Waals surface area contributed by atoms with Crippen molar-refractivity contribution in [3.8, 4) is 5.75 Å². The molecule has 1 aromatic carbocycles. The number of carboxylic acid groups (broad SMARTS) is 1. The lowest BCUT2D eigenvalue weighted by atomic mass is 9.95. The first-order chi connectivity index (χ1) is 10.9. The van der Waals surface area contributed by atoms with Gasteiger partial charge < -0.3 is 15.5 Å². The van der Waals surface area contributed by atoms with E-state index in [1.807, 2.05) is 24.3 Å². The summed E-state index contributed by atoms with van der Waals surface area (Å²) in [6.45, 7) is 0. The summed E-state index contributed by atoms with van der Waals surface area (Å²) in [6.07, 6.45) is 1.74. The number of pyridine rings is 1. The number of nitrogens with one attached hydrogen (secondary N) is 1. The molecule has 1 aromatic heterocycles. The molecule has 7 heteroatoms. The fourth-order valence-corrected chi connectivity index (χ4v) is 3.09. The van der Waals surface area contributed by atoms with Crippen LogP contribution in [0.15, 0.2) is 41.0 Å². The Morgan fingerprint density at radius 1 is 1.17 bits per heavy atom. The van der Waals surface area contributed by atoms with E-state index in [0.29, 0.717) is 4.47 Å². The predicted molar refractivity (Wildman–Crippen MR) is 85.3 cm³/mol. The number of carbonyl (C=O) groups excluding carboxylic acids is 1. The molecule has 0 radical (unpaired) electrons. The molecule has 3 N–H and O–H groups in total. The summed E-state index contributed by atoms with van der Waals surface area (Å²) in [5, 5.41) is 22.1. The number of carboxylic acids is 1. The molecule has 3 rings (SSSR count). The minimum Gasteiger partial charge on any atom is -0.504 e. The average Bonchev–Trinajstić information content (AvgIpc) is 2.89. The van der Waals surface area contributed by atoms with Crippen LogP contribution in [-0.2, 0) is 17.6 Å². The van der Waals surface area contributed by atoms with Crippen molar-refractivity contribution in [2.45, 2.75) is 18.4 Å². The first kappa shape index (κ1) is 15.5. The van der Waals surface area contributed by atoms with Crippen molar-refractivity contribution in [3.63, 3.8) is 0 Å². The molecule has 6 nitrogen and oxygen atoms in total. The summed E-state index contributed by atoms with van der Waals surface area (Å²) >= 11 is 3.11. The van der Waals surface area contributed by atoms with Gasteiger partial charge in [0.25, 0.3) is 5.91 Å². The van der Waals surface area contributed by atoms with Gasteiger partial charge >= 0.3 is 5.97 Å². The Morgan fingerprint density at radius 2 is 1.78 bits per heavy atom. The van der Waals surface area contributed by atoms with Crippen molar-refractivity contribution in [2.24, 2.45) is 0 Å². The van der Waals surface area contributed by atoms with Crippen LogP contribution in [0, 0.1) is 0 Å². The molecule has 0 saturated heterocycles. The van der Waals surface area contributed by atoms with Crippen LogP contribution in [0.3, 0.4) is 0 Å². The number of rotatable bonds is 3. The highest BCUT2D eigenvalue weighted by molar-refractivity contribution is 9.10. The second-order valence-electron chi connectivity index (χ2n) is 5.45. The Bertz CT molecular complexity index is 781. The van der Waals surface area contributed by atoms with Crippen LogP contribution in [0.5, 0.6) is 5.75 Å². The van der Waals surface area contributed by atoms with E-state index < -0.39 is 17.4 Å². The minimum absolute atomic E-state index is 0.193. The lowest BCUT2D eigenvalue weighted by Crippen LogP contribution is -2.55. The van der Waals surface area contributed by atoms with Gasteiger partial charge in [-0.15, -0.1) is 0 Å². The van der Waals surface area contributed by atoms with Crippen LogP contribution in [0.2, 0.25) is 0 Å². The Morgan fingerprint density at radius 3 is 2.35 bits per heavy atom. The van der Waals surface area contributed by atoms with Crippen molar-refractivity contribution in [3.05, 3.63) is 57.8 Å². The molecule has 23 heavy (non-hydrogen) atoms. The number of fused-ring (bicyclic) bond motifs is 1. The number of hydrogen-bond donors (Lipinski definition) is 3. The zero-order chi connectivity index (χ0) is 16.6. The maximum absolute atomic E-state index is 12.4. The molecule has 1 aliphatic carbocycles. The highest BCUT2D eigenvalue weighted by Gasteiger charge is 2.45. The normalized spacial score (nSPS) is 15.0. The largest absolute Gasteiger partial charge is 0.504 e. The molecular weight excluding hydrogens is 364 g/mol. The van der Waals surface area contributed by atoms with Crippen LogP contribution in [0.1, 0.15) is 21.6 Å². The van der Waals surface area contributed by atoms with Gasteiger partial charge in [0, 0.05) is 19.0 Å². The van der Waals surface area contributed by atoms with E-state index in [9.17, 15) is 19.8 Å². The SMILES string of the molecule is O=C(NC1(C(=O)O)Cc2ccccc2C1)c1nccc(Br)c1O. The maximum Gasteiger partial charge on any atom is 0.330 e. The summed E-state index contributed by atoms with van der Waals surface area (Å²) < 4.78 is 0.316. The molecular formula is C16H13BrN2O4. The highest BCUT2D eigenvalue weighted by Crippen LogP contribution is 2.32. The smallest absolute Gasteiger partial charge is 0.330 e. The highest BCUT2D eigenvalue weighted by atomic mass is 79.9. The van der Waals surface area contributed by atoms with Gasteiger partial charge in [0.05, 0.1) is 4.47 Å². The number of amides is 1. The topological polar surface area (TPSA) is 99.5 Å². The van der Waals surface area contributed by atoms with Gasteiger partial charge in [-0.3, -0.25) is 4.79 Å².